The highest BCUT2D eigenvalue weighted by Crippen LogP contribution is 2.22. The van der Waals surface area contributed by atoms with Crippen LogP contribution in [0.25, 0.3) is 0 Å². The summed E-state index contributed by atoms with van der Waals surface area (Å²) in [5.41, 5.74) is 4.49. The molecule has 136 valence electrons. The van der Waals surface area contributed by atoms with E-state index in [0.29, 0.717) is 6.54 Å². The molecule has 2 N–H and O–H groups in total. The van der Waals surface area contributed by atoms with Gasteiger partial charge in [0.05, 0.1) is 6.54 Å². The zero-order chi connectivity index (χ0) is 16.8. The van der Waals surface area contributed by atoms with Crippen LogP contribution < -0.4 is 10.6 Å². The van der Waals surface area contributed by atoms with Crippen LogP contribution in [0.4, 0.5) is 5.69 Å². The van der Waals surface area contributed by atoms with Crippen molar-refractivity contribution in [1.82, 2.24) is 10.2 Å². The number of hydrogen-bond donors (Lipinski definition) is 2. The first-order chi connectivity index (χ1) is 11.0. The maximum absolute atomic E-state index is 12.4. The zero-order valence-corrected chi connectivity index (χ0v) is 16.3. The molecule has 1 amide bonds. The van der Waals surface area contributed by atoms with Gasteiger partial charge in [-0.15, -0.1) is 12.4 Å². The van der Waals surface area contributed by atoms with Crippen LogP contribution in [0.1, 0.15) is 36.5 Å². The van der Waals surface area contributed by atoms with Crippen LogP contribution in [-0.2, 0) is 4.79 Å². The lowest BCUT2D eigenvalue weighted by atomic mass is 9.97. The van der Waals surface area contributed by atoms with Crippen molar-refractivity contribution in [1.29, 1.82) is 0 Å². The van der Waals surface area contributed by atoms with Crippen LogP contribution in [0.15, 0.2) is 12.1 Å². The molecule has 5 heteroatoms. The molecule has 0 atom stereocenters. The summed E-state index contributed by atoms with van der Waals surface area (Å²) in [6.07, 6.45) is 2.37. The minimum absolute atomic E-state index is 0. The lowest BCUT2D eigenvalue weighted by Crippen LogP contribution is -2.41. The number of likely N-dealkylation sites (tertiary alicyclic amines) is 1. The summed E-state index contributed by atoms with van der Waals surface area (Å²) in [7, 11) is 0. The Hall–Kier alpha value is -1.10. The average molecular weight is 354 g/mol. The Morgan fingerprint density at radius 3 is 2.29 bits per heavy atom. The Kier molecular flexibility index (Phi) is 8.74. The number of aryl methyl sites for hydroxylation is 3. The zero-order valence-electron chi connectivity index (χ0n) is 15.4. The van der Waals surface area contributed by atoms with Crippen LogP contribution in [-0.4, -0.2) is 43.5 Å². The molecule has 1 saturated heterocycles. The van der Waals surface area contributed by atoms with Crippen molar-refractivity contribution in [2.45, 2.75) is 40.5 Å². The van der Waals surface area contributed by atoms with E-state index in [1.54, 1.807) is 0 Å². The smallest absolute Gasteiger partial charge is 0.238 e. The van der Waals surface area contributed by atoms with E-state index >= 15 is 0 Å². The Morgan fingerprint density at radius 2 is 1.75 bits per heavy atom. The van der Waals surface area contributed by atoms with Gasteiger partial charge in [-0.05, 0) is 76.8 Å². The summed E-state index contributed by atoms with van der Waals surface area (Å²) in [6, 6.07) is 4.24. The molecule has 4 nitrogen and oxygen atoms in total. The third-order valence-electron chi connectivity index (χ3n) is 4.70. The molecule has 1 aromatic carbocycles. The molecule has 0 aliphatic carbocycles. The Labute approximate surface area is 152 Å². The fourth-order valence-corrected chi connectivity index (χ4v) is 3.46. The van der Waals surface area contributed by atoms with Gasteiger partial charge in [0.1, 0.15) is 0 Å². The quantitative estimate of drug-likeness (QED) is 0.824. The summed E-state index contributed by atoms with van der Waals surface area (Å²) in [6.45, 7) is 13.0. The van der Waals surface area contributed by atoms with Gasteiger partial charge < -0.3 is 10.6 Å². The number of benzene rings is 1. The second-order valence-electron chi connectivity index (χ2n) is 6.85. The number of piperidine rings is 1. The number of amides is 1. The van der Waals surface area contributed by atoms with E-state index in [-0.39, 0.29) is 18.3 Å². The normalized spacial score (nSPS) is 15.8. The molecule has 0 aromatic heterocycles. The maximum Gasteiger partial charge on any atom is 0.238 e. The van der Waals surface area contributed by atoms with Gasteiger partial charge in [-0.3, -0.25) is 9.69 Å². The summed E-state index contributed by atoms with van der Waals surface area (Å²) in [5, 5.41) is 6.53. The Balaban J connectivity index is 0.00000288. The van der Waals surface area contributed by atoms with Crippen molar-refractivity contribution < 1.29 is 4.79 Å². The van der Waals surface area contributed by atoms with Gasteiger partial charge in [-0.25, -0.2) is 0 Å². The highest BCUT2D eigenvalue weighted by molar-refractivity contribution is 5.93. The molecular formula is C19H32ClN3O. The van der Waals surface area contributed by atoms with E-state index in [1.165, 1.54) is 18.4 Å². The first kappa shape index (κ1) is 20.9. The highest BCUT2D eigenvalue weighted by atomic mass is 35.5. The number of nitrogens with one attached hydrogen (secondary N) is 2. The number of anilines is 1. The maximum atomic E-state index is 12.4. The molecule has 24 heavy (non-hydrogen) atoms. The molecule has 0 bridgehead atoms. The van der Waals surface area contributed by atoms with E-state index < -0.39 is 0 Å². The second-order valence-corrected chi connectivity index (χ2v) is 6.85. The van der Waals surface area contributed by atoms with Gasteiger partial charge >= 0.3 is 0 Å². The van der Waals surface area contributed by atoms with Crippen molar-refractivity contribution in [2.75, 3.05) is 38.0 Å². The van der Waals surface area contributed by atoms with E-state index in [1.807, 2.05) is 0 Å². The fourth-order valence-electron chi connectivity index (χ4n) is 3.46. The van der Waals surface area contributed by atoms with Gasteiger partial charge in [0, 0.05) is 5.69 Å². The third kappa shape index (κ3) is 6.08. The van der Waals surface area contributed by atoms with Crippen LogP contribution in [0, 0.1) is 26.7 Å². The number of hydrogen-bond acceptors (Lipinski definition) is 3. The van der Waals surface area contributed by atoms with Crippen molar-refractivity contribution in [2.24, 2.45) is 5.92 Å². The first-order valence-electron chi connectivity index (χ1n) is 8.80. The Bertz CT molecular complexity index is 516. The van der Waals surface area contributed by atoms with Crippen LogP contribution in [0.5, 0.6) is 0 Å². The molecule has 1 fully saturated rings. The summed E-state index contributed by atoms with van der Waals surface area (Å²) < 4.78 is 0. The summed E-state index contributed by atoms with van der Waals surface area (Å²) in [5.74, 6) is 0.862. The minimum Gasteiger partial charge on any atom is -0.324 e. The molecule has 0 spiro atoms. The monoisotopic (exact) mass is 353 g/mol. The fraction of sp³-hybridized carbons (Fsp3) is 0.632. The van der Waals surface area contributed by atoms with Crippen molar-refractivity contribution >= 4 is 24.0 Å². The largest absolute Gasteiger partial charge is 0.324 e. The molecule has 0 radical (unpaired) electrons. The van der Waals surface area contributed by atoms with Gasteiger partial charge in [-0.2, -0.15) is 0 Å². The van der Waals surface area contributed by atoms with Crippen LogP contribution >= 0.6 is 12.4 Å². The minimum atomic E-state index is 0. The molecule has 0 saturated carbocycles. The average Bonchev–Trinajstić information content (AvgIpc) is 2.50. The van der Waals surface area contributed by atoms with E-state index in [2.05, 4.69) is 55.4 Å². The summed E-state index contributed by atoms with van der Waals surface area (Å²) >= 11 is 0. The molecular weight excluding hydrogens is 322 g/mol. The number of rotatable bonds is 6. The number of carbonyl (C=O) groups excluding carboxylic acids is 1. The molecule has 1 aliphatic heterocycles. The van der Waals surface area contributed by atoms with Crippen LogP contribution in [0.3, 0.4) is 0 Å². The first-order valence-corrected chi connectivity index (χ1v) is 8.80. The van der Waals surface area contributed by atoms with Gasteiger partial charge in [0.25, 0.3) is 0 Å². The summed E-state index contributed by atoms with van der Waals surface area (Å²) in [4.78, 5) is 14.6. The van der Waals surface area contributed by atoms with E-state index in [0.717, 1.165) is 48.9 Å². The topological polar surface area (TPSA) is 44.4 Å². The third-order valence-corrected chi connectivity index (χ3v) is 4.70. The number of nitrogens with zero attached hydrogens (tertiary/aromatic N) is 1. The molecule has 0 unspecified atom stereocenters. The van der Waals surface area contributed by atoms with Gasteiger partial charge in [0.2, 0.25) is 5.91 Å². The van der Waals surface area contributed by atoms with Crippen molar-refractivity contribution in [3.63, 3.8) is 0 Å². The van der Waals surface area contributed by atoms with Gasteiger partial charge in [-0.1, -0.05) is 24.6 Å². The van der Waals surface area contributed by atoms with Crippen molar-refractivity contribution in [3.05, 3.63) is 28.8 Å². The van der Waals surface area contributed by atoms with E-state index in [9.17, 15) is 4.79 Å². The SMILES string of the molecule is CCNCC1CCN(CC(=O)Nc2c(C)cc(C)cc2C)CC1.Cl. The lowest BCUT2D eigenvalue weighted by molar-refractivity contribution is -0.117. The lowest BCUT2D eigenvalue weighted by Gasteiger charge is -2.31. The standard InChI is InChI=1S/C19H31N3O.ClH/c1-5-20-12-17-6-8-22(9-7-17)13-18(23)21-19-15(3)10-14(2)11-16(19)4;/h10-11,17,20H,5-9,12-13H2,1-4H3,(H,21,23);1H. The highest BCUT2D eigenvalue weighted by Gasteiger charge is 2.20. The second kappa shape index (κ2) is 10.0. The molecule has 2 rings (SSSR count). The molecule has 1 aliphatic rings. The predicted octanol–water partition coefficient (Wildman–Crippen LogP) is 3.29. The predicted molar refractivity (Wildman–Crippen MR) is 104 cm³/mol. The number of halogens is 1. The van der Waals surface area contributed by atoms with E-state index in [4.69, 9.17) is 0 Å². The van der Waals surface area contributed by atoms with Crippen LogP contribution in [0.2, 0.25) is 0 Å². The molecule has 1 aromatic rings. The number of carbonyl (C=O) groups is 1. The van der Waals surface area contributed by atoms with Crippen molar-refractivity contribution in [3.8, 4) is 0 Å². The van der Waals surface area contributed by atoms with Gasteiger partial charge in [0.15, 0.2) is 0 Å². The molecule has 1 heterocycles. The Morgan fingerprint density at radius 1 is 1.17 bits per heavy atom.